The van der Waals surface area contributed by atoms with Crippen molar-refractivity contribution >= 4 is 34.7 Å². The average Bonchev–Trinajstić information content (AvgIpc) is 3.21. The zero-order chi connectivity index (χ0) is 20.1. The smallest absolute Gasteiger partial charge is 0.416 e. The van der Waals surface area contributed by atoms with E-state index < -0.39 is 11.7 Å². The number of rotatable bonds is 6. The van der Waals surface area contributed by atoms with E-state index in [-0.39, 0.29) is 22.4 Å². The molecule has 1 aromatic carbocycles. The van der Waals surface area contributed by atoms with Gasteiger partial charge in [-0.3, -0.25) is 4.79 Å². The Bertz CT molecular complexity index is 943. The predicted octanol–water partition coefficient (Wildman–Crippen LogP) is 5.57. The van der Waals surface area contributed by atoms with Crippen molar-refractivity contribution in [2.24, 2.45) is 0 Å². The van der Waals surface area contributed by atoms with Gasteiger partial charge in [0.15, 0.2) is 0 Å². The fourth-order valence-electron chi connectivity index (χ4n) is 2.30. The van der Waals surface area contributed by atoms with Crippen LogP contribution < -0.4 is 10.1 Å². The first-order valence-electron chi connectivity index (χ1n) is 8.05. The Morgan fingerprint density at radius 3 is 2.57 bits per heavy atom. The van der Waals surface area contributed by atoms with Gasteiger partial charge in [-0.05, 0) is 47.8 Å². The number of aromatic nitrogens is 1. The van der Waals surface area contributed by atoms with Crippen molar-refractivity contribution in [1.29, 1.82) is 0 Å². The molecule has 146 valence electrons. The van der Waals surface area contributed by atoms with Crippen LogP contribution >= 0.6 is 23.1 Å². The Labute approximate surface area is 167 Å². The van der Waals surface area contributed by atoms with E-state index >= 15 is 0 Å². The summed E-state index contributed by atoms with van der Waals surface area (Å²) in [6.07, 6.45) is -4.49. The number of hydrogen-bond acceptors (Lipinski definition) is 5. The molecule has 4 nitrogen and oxygen atoms in total. The molecule has 1 amide bonds. The van der Waals surface area contributed by atoms with Crippen molar-refractivity contribution < 1.29 is 22.7 Å². The number of pyridine rings is 1. The van der Waals surface area contributed by atoms with Crippen molar-refractivity contribution in [1.82, 2.24) is 4.98 Å². The van der Waals surface area contributed by atoms with Gasteiger partial charge in [-0.2, -0.15) is 13.2 Å². The van der Waals surface area contributed by atoms with Crippen molar-refractivity contribution in [3.63, 3.8) is 0 Å². The van der Waals surface area contributed by atoms with Gasteiger partial charge in [0.1, 0.15) is 5.75 Å². The van der Waals surface area contributed by atoms with Gasteiger partial charge in [0.05, 0.1) is 34.0 Å². The van der Waals surface area contributed by atoms with Gasteiger partial charge in [-0.25, -0.2) is 4.98 Å². The number of thioether (sulfide) groups is 1. The monoisotopic (exact) mass is 424 g/mol. The first kappa shape index (κ1) is 20.2. The lowest BCUT2D eigenvalue weighted by Crippen LogP contribution is -2.14. The minimum Gasteiger partial charge on any atom is -0.497 e. The normalized spacial score (nSPS) is 11.3. The average molecular weight is 424 g/mol. The molecule has 0 bridgehead atoms. The summed E-state index contributed by atoms with van der Waals surface area (Å²) in [7, 11) is 1.54. The summed E-state index contributed by atoms with van der Waals surface area (Å²) in [6.45, 7) is 0. The number of ether oxygens (including phenoxy) is 1. The van der Waals surface area contributed by atoms with E-state index in [2.05, 4.69) is 10.3 Å². The number of alkyl halides is 3. The van der Waals surface area contributed by atoms with Gasteiger partial charge in [0.2, 0.25) is 5.91 Å². The molecule has 0 saturated carbocycles. The highest BCUT2D eigenvalue weighted by molar-refractivity contribution is 7.99. The van der Waals surface area contributed by atoms with Crippen LogP contribution in [0.1, 0.15) is 5.56 Å². The first-order valence-corrected chi connectivity index (χ1v) is 9.91. The molecule has 0 saturated heterocycles. The third-order valence-electron chi connectivity index (χ3n) is 3.63. The minimum absolute atomic E-state index is 0.0653. The van der Waals surface area contributed by atoms with Crippen molar-refractivity contribution in [2.45, 2.75) is 11.2 Å². The molecule has 0 aliphatic rings. The van der Waals surface area contributed by atoms with Gasteiger partial charge in [-0.15, -0.1) is 11.3 Å². The molecule has 3 rings (SSSR count). The number of carbonyl (C=O) groups excluding carboxylic acids is 1. The van der Waals surface area contributed by atoms with Crippen LogP contribution in [-0.2, 0) is 11.0 Å². The Balaban J connectivity index is 1.72. The third kappa shape index (κ3) is 5.26. The number of anilines is 1. The van der Waals surface area contributed by atoms with Crippen LogP contribution in [0.25, 0.3) is 10.6 Å². The summed E-state index contributed by atoms with van der Waals surface area (Å²) in [6, 6.07) is 12.2. The summed E-state index contributed by atoms with van der Waals surface area (Å²) < 4.78 is 44.7. The summed E-state index contributed by atoms with van der Waals surface area (Å²) in [5.74, 6) is 0.248. The lowest BCUT2D eigenvalue weighted by molar-refractivity contribution is -0.137. The van der Waals surface area contributed by atoms with Crippen molar-refractivity contribution in [2.75, 3.05) is 18.2 Å². The number of methoxy groups -OCH3 is 1. The highest BCUT2D eigenvalue weighted by Crippen LogP contribution is 2.35. The molecule has 0 aliphatic heterocycles. The van der Waals surface area contributed by atoms with E-state index in [1.54, 1.807) is 41.8 Å². The standard InChI is InChI=1S/C19H15F3N2O2S2/c1-26-14-6-4-13(5-7-14)23-17(25)11-28-18-10-12(19(20,21)22)9-15(24-18)16-3-2-8-27-16/h2-10H,11H2,1H3,(H,23,25). The van der Waals surface area contributed by atoms with Gasteiger partial charge in [0, 0.05) is 5.69 Å². The molecule has 2 heterocycles. The second-order valence-corrected chi connectivity index (χ2v) is 7.56. The molecular weight excluding hydrogens is 409 g/mol. The van der Waals surface area contributed by atoms with Gasteiger partial charge in [0.25, 0.3) is 0 Å². The number of benzene rings is 1. The van der Waals surface area contributed by atoms with E-state index in [9.17, 15) is 18.0 Å². The van der Waals surface area contributed by atoms with Crippen LogP contribution in [0.5, 0.6) is 5.75 Å². The Morgan fingerprint density at radius 1 is 1.21 bits per heavy atom. The van der Waals surface area contributed by atoms with Crippen molar-refractivity contribution in [3.8, 4) is 16.3 Å². The molecular formula is C19H15F3N2O2S2. The maximum absolute atomic E-state index is 13.2. The highest BCUT2D eigenvalue weighted by atomic mass is 32.2. The number of nitrogens with zero attached hydrogens (tertiary/aromatic N) is 1. The first-order chi connectivity index (χ1) is 13.3. The van der Waals surface area contributed by atoms with Crippen LogP contribution in [0.4, 0.5) is 18.9 Å². The molecule has 0 aliphatic carbocycles. The number of carbonyl (C=O) groups is 1. The molecule has 1 N–H and O–H groups in total. The molecule has 0 fully saturated rings. The number of nitrogens with one attached hydrogen (secondary N) is 1. The summed E-state index contributed by atoms with van der Waals surface area (Å²) in [5, 5.41) is 4.60. The van der Waals surface area contributed by atoms with E-state index in [1.807, 2.05) is 0 Å². The van der Waals surface area contributed by atoms with E-state index in [1.165, 1.54) is 18.4 Å². The van der Waals surface area contributed by atoms with E-state index in [4.69, 9.17) is 4.74 Å². The molecule has 0 radical (unpaired) electrons. The quantitative estimate of drug-likeness (QED) is 0.526. The largest absolute Gasteiger partial charge is 0.497 e. The fraction of sp³-hybridized carbons (Fsp3) is 0.158. The topological polar surface area (TPSA) is 51.2 Å². The number of thiophene rings is 1. The van der Waals surface area contributed by atoms with Crippen LogP contribution in [0.2, 0.25) is 0 Å². The summed E-state index contributed by atoms with van der Waals surface area (Å²) in [5.41, 5.74) is 0.0227. The summed E-state index contributed by atoms with van der Waals surface area (Å²) >= 11 is 2.26. The minimum atomic E-state index is -4.49. The highest BCUT2D eigenvalue weighted by Gasteiger charge is 2.32. The van der Waals surface area contributed by atoms with Gasteiger partial charge < -0.3 is 10.1 Å². The maximum atomic E-state index is 13.2. The van der Waals surface area contributed by atoms with Crippen LogP contribution in [0, 0.1) is 0 Å². The zero-order valence-electron chi connectivity index (χ0n) is 14.6. The Morgan fingerprint density at radius 2 is 1.96 bits per heavy atom. The van der Waals surface area contributed by atoms with E-state index in [0.717, 1.165) is 23.9 Å². The Kier molecular flexibility index (Phi) is 6.25. The van der Waals surface area contributed by atoms with Crippen LogP contribution in [0.15, 0.2) is 58.9 Å². The molecule has 0 spiro atoms. The fourth-order valence-corrected chi connectivity index (χ4v) is 3.71. The van der Waals surface area contributed by atoms with Crippen LogP contribution in [-0.4, -0.2) is 23.8 Å². The molecule has 2 aromatic heterocycles. The van der Waals surface area contributed by atoms with E-state index in [0.29, 0.717) is 16.3 Å². The third-order valence-corrected chi connectivity index (χ3v) is 5.43. The number of hydrogen-bond donors (Lipinski definition) is 1. The second kappa shape index (κ2) is 8.66. The number of halogens is 3. The molecule has 3 aromatic rings. The van der Waals surface area contributed by atoms with Gasteiger partial charge >= 0.3 is 6.18 Å². The predicted molar refractivity (Wildman–Crippen MR) is 105 cm³/mol. The second-order valence-electron chi connectivity index (χ2n) is 5.62. The Hall–Kier alpha value is -2.52. The van der Waals surface area contributed by atoms with Gasteiger partial charge in [-0.1, -0.05) is 17.8 Å². The summed E-state index contributed by atoms with van der Waals surface area (Å²) in [4.78, 5) is 17.0. The SMILES string of the molecule is COc1ccc(NC(=O)CSc2cc(C(F)(F)F)cc(-c3cccs3)n2)cc1. The molecule has 0 unspecified atom stereocenters. The molecule has 9 heteroatoms. The maximum Gasteiger partial charge on any atom is 0.416 e. The number of amides is 1. The lowest BCUT2D eigenvalue weighted by atomic mass is 10.2. The molecule has 28 heavy (non-hydrogen) atoms. The lowest BCUT2D eigenvalue weighted by Gasteiger charge is -2.11. The molecule has 0 atom stereocenters. The van der Waals surface area contributed by atoms with Crippen molar-refractivity contribution in [3.05, 3.63) is 59.5 Å². The van der Waals surface area contributed by atoms with Crippen LogP contribution in [0.3, 0.4) is 0 Å². The zero-order valence-corrected chi connectivity index (χ0v) is 16.3.